The van der Waals surface area contributed by atoms with Gasteiger partial charge in [0.25, 0.3) is 0 Å². The zero-order valence-electron chi connectivity index (χ0n) is 9.31. The van der Waals surface area contributed by atoms with Crippen LogP contribution in [-0.4, -0.2) is 18.3 Å². The number of rotatable bonds is 3. The largest absolute Gasteiger partial charge is 0.382 e. The molecule has 88 valence electrons. The summed E-state index contributed by atoms with van der Waals surface area (Å²) in [5, 5.41) is 3.86. The fourth-order valence-corrected chi connectivity index (χ4v) is 1.74. The molecule has 1 aromatic rings. The van der Waals surface area contributed by atoms with Gasteiger partial charge in [-0.15, -0.1) is 0 Å². The first-order valence-electron chi connectivity index (χ1n) is 5.29. The Bertz CT molecular complexity index is 505. The third-order valence-corrected chi connectivity index (χ3v) is 2.51. The van der Waals surface area contributed by atoms with Crippen LogP contribution in [0.3, 0.4) is 0 Å². The molecule has 0 unspecified atom stereocenters. The standard InChI is InChI=1S/C12H14N4O/c13-11-6-9(7-15-16-11)4-8-2-1-3-10(5-8)12(14)17/h1-3,5-6,15H,4,7H2,(H2,13,16)(H2,14,17). The van der Waals surface area contributed by atoms with Gasteiger partial charge < -0.3 is 16.9 Å². The Morgan fingerprint density at radius 3 is 3.00 bits per heavy atom. The minimum absolute atomic E-state index is 0.413. The van der Waals surface area contributed by atoms with Crippen LogP contribution in [0.2, 0.25) is 0 Å². The quantitative estimate of drug-likeness (QED) is 0.689. The molecular weight excluding hydrogens is 216 g/mol. The summed E-state index contributed by atoms with van der Waals surface area (Å²) in [6.07, 6.45) is 2.57. The summed E-state index contributed by atoms with van der Waals surface area (Å²) in [6.45, 7) is 0.668. The molecule has 0 fully saturated rings. The van der Waals surface area contributed by atoms with Gasteiger partial charge in [-0.25, -0.2) is 0 Å². The first kappa shape index (κ1) is 11.2. The zero-order valence-corrected chi connectivity index (χ0v) is 9.31. The highest BCUT2D eigenvalue weighted by atomic mass is 16.1. The molecule has 2 rings (SSSR count). The molecule has 1 aliphatic heterocycles. The molecule has 0 saturated carbocycles. The molecule has 0 bridgehead atoms. The van der Waals surface area contributed by atoms with Gasteiger partial charge in [-0.3, -0.25) is 4.79 Å². The van der Waals surface area contributed by atoms with Gasteiger partial charge >= 0.3 is 0 Å². The lowest BCUT2D eigenvalue weighted by molar-refractivity contribution is 0.1000. The summed E-state index contributed by atoms with van der Waals surface area (Å²) in [5.41, 5.74) is 16.3. The average molecular weight is 230 g/mol. The number of hydrogen-bond donors (Lipinski definition) is 3. The summed E-state index contributed by atoms with van der Waals surface area (Å²) < 4.78 is 0. The molecule has 0 aromatic heterocycles. The fourth-order valence-electron chi connectivity index (χ4n) is 1.74. The van der Waals surface area contributed by atoms with E-state index in [-0.39, 0.29) is 0 Å². The molecule has 1 aliphatic rings. The van der Waals surface area contributed by atoms with E-state index in [9.17, 15) is 4.79 Å². The molecule has 1 heterocycles. The van der Waals surface area contributed by atoms with Crippen LogP contribution in [0, 0.1) is 0 Å². The van der Waals surface area contributed by atoms with E-state index < -0.39 is 5.91 Å². The number of hydrogen-bond acceptors (Lipinski definition) is 4. The SMILES string of the molecule is NC(=O)c1cccc(CC2=CC(N)=NNC2)c1. The maximum atomic E-state index is 11.1. The van der Waals surface area contributed by atoms with E-state index in [4.69, 9.17) is 11.5 Å². The molecule has 0 saturated heterocycles. The van der Waals surface area contributed by atoms with Crippen LogP contribution in [0.4, 0.5) is 0 Å². The second-order valence-corrected chi connectivity index (χ2v) is 3.92. The van der Waals surface area contributed by atoms with E-state index in [0.717, 1.165) is 17.6 Å². The monoisotopic (exact) mass is 230 g/mol. The van der Waals surface area contributed by atoms with Gasteiger partial charge in [-0.2, -0.15) is 5.10 Å². The Morgan fingerprint density at radius 2 is 2.29 bits per heavy atom. The molecule has 0 radical (unpaired) electrons. The van der Waals surface area contributed by atoms with Crippen LogP contribution < -0.4 is 16.9 Å². The van der Waals surface area contributed by atoms with Gasteiger partial charge in [0.05, 0.1) is 6.54 Å². The van der Waals surface area contributed by atoms with E-state index in [2.05, 4.69) is 10.5 Å². The van der Waals surface area contributed by atoms with Crippen molar-refractivity contribution in [3.8, 4) is 0 Å². The van der Waals surface area contributed by atoms with Gasteiger partial charge in [0, 0.05) is 5.56 Å². The predicted octanol–water partition coefficient (Wildman–Crippen LogP) is 0.130. The van der Waals surface area contributed by atoms with Crippen molar-refractivity contribution >= 4 is 11.7 Å². The minimum atomic E-state index is -0.413. The van der Waals surface area contributed by atoms with Gasteiger partial charge in [0.1, 0.15) is 5.84 Å². The lowest BCUT2D eigenvalue weighted by Crippen LogP contribution is -2.24. The number of benzene rings is 1. The second kappa shape index (κ2) is 4.69. The Morgan fingerprint density at radius 1 is 1.47 bits per heavy atom. The molecule has 0 aliphatic carbocycles. The fraction of sp³-hybridized carbons (Fsp3) is 0.167. The van der Waals surface area contributed by atoms with Gasteiger partial charge in [-0.1, -0.05) is 12.1 Å². The number of nitrogens with one attached hydrogen (secondary N) is 1. The average Bonchev–Trinajstić information content (AvgIpc) is 2.29. The minimum Gasteiger partial charge on any atom is -0.382 e. The number of amidine groups is 1. The number of nitrogens with zero attached hydrogens (tertiary/aromatic N) is 1. The number of amides is 1. The number of hydrazone groups is 1. The maximum Gasteiger partial charge on any atom is 0.248 e. The van der Waals surface area contributed by atoms with E-state index >= 15 is 0 Å². The highest BCUT2D eigenvalue weighted by Crippen LogP contribution is 2.11. The summed E-state index contributed by atoms with van der Waals surface area (Å²) in [6, 6.07) is 7.28. The summed E-state index contributed by atoms with van der Waals surface area (Å²) >= 11 is 0. The van der Waals surface area contributed by atoms with Crippen LogP contribution in [0.25, 0.3) is 0 Å². The van der Waals surface area contributed by atoms with Crippen molar-refractivity contribution in [1.82, 2.24) is 5.43 Å². The highest BCUT2D eigenvalue weighted by Gasteiger charge is 2.06. The van der Waals surface area contributed by atoms with Crippen LogP contribution in [0.1, 0.15) is 15.9 Å². The van der Waals surface area contributed by atoms with Crippen molar-refractivity contribution in [2.45, 2.75) is 6.42 Å². The Hall–Kier alpha value is -2.30. The van der Waals surface area contributed by atoms with Crippen LogP contribution in [0.5, 0.6) is 0 Å². The van der Waals surface area contributed by atoms with Crippen LogP contribution in [0.15, 0.2) is 41.0 Å². The van der Waals surface area contributed by atoms with E-state index in [1.165, 1.54) is 0 Å². The van der Waals surface area contributed by atoms with Crippen molar-refractivity contribution in [2.75, 3.05) is 6.54 Å². The third-order valence-electron chi connectivity index (χ3n) is 2.51. The van der Waals surface area contributed by atoms with Crippen molar-refractivity contribution in [3.05, 3.63) is 47.0 Å². The Kier molecular flexibility index (Phi) is 3.09. The third kappa shape index (κ3) is 2.84. The van der Waals surface area contributed by atoms with Gasteiger partial charge in [0.2, 0.25) is 5.91 Å². The van der Waals surface area contributed by atoms with Crippen molar-refractivity contribution in [2.24, 2.45) is 16.6 Å². The summed E-state index contributed by atoms with van der Waals surface area (Å²) in [7, 11) is 0. The van der Waals surface area contributed by atoms with Crippen molar-refractivity contribution < 1.29 is 4.79 Å². The lowest BCUT2D eigenvalue weighted by Gasteiger charge is -2.12. The van der Waals surface area contributed by atoms with Gasteiger partial charge in [-0.05, 0) is 35.8 Å². The predicted molar refractivity (Wildman–Crippen MR) is 66.4 cm³/mol. The first-order chi connectivity index (χ1) is 8.15. The number of primary amides is 1. The maximum absolute atomic E-state index is 11.1. The number of carbonyl (C=O) groups is 1. The van der Waals surface area contributed by atoms with E-state index in [0.29, 0.717) is 17.9 Å². The van der Waals surface area contributed by atoms with E-state index in [1.54, 1.807) is 12.1 Å². The molecule has 0 atom stereocenters. The Labute approximate surface area is 99.2 Å². The number of nitrogens with two attached hydrogens (primary N) is 2. The molecule has 5 N–H and O–H groups in total. The smallest absolute Gasteiger partial charge is 0.248 e. The lowest BCUT2D eigenvalue weighted by atomic mass is 10.0. The van der Waals surface area contributed by atoms with Crippen molar-refractivity contribution in [1.29, 1.82) is 0 Å². The molecule has 1 aromatic carbocycles. The molecule has 0 spiro atoms. The molecule has 5 nitrogen and oxygen atoms in total. The molecule has 5 heteroatoms. The molecular formula is C12H14N4O. The molecule has 17 heavy (non-hydrogen) atoms. The summed E-state index contributed by atoms with van der Waals surface area (Å²) in [5.74, 6) is 0.0565. The first-order valence-corrected chi connectivity index (χ1v) is 5.29. The highest BCUT2D eigenvalue weighted by molar-refractivity contribution is 5.93. The summed E-state index contributed by atoms with van der Waals surface area (Å²) in [4.78, 5) is 11.1. The topological polar surface area (TPSA) is 93.5 Å². The van der Waals surface area contributed by atoms with Crippen LogP contribution >= 0.6 is 0 Å². The zero-order chi connectivity index (χ0) is 12.3. The van der Waals surface area contributed by atoms with Crippen molar-refractivity contribution in [3.63, 3.8) is 0 Å². The second-order valence-electron chi connectivity index (χ2n) is 3.92. The van der Waals surface area contributed by atoms with E-state index in [1.807, 2.05) is 18.2 Å². The number of carbonyl (C=O) groups excluding carboxylic acids is 1. The van der Waals surface area contributed by atoms with Crippen LogP contribution in [-0.2, 0) is 6.42 Å². The normalized spacial score (nSPS) is 14.6. The van der Waals surface area contributed by atoms with Gasteiger partial charge in [0.15, 0.2) is 0 Å². The Balaban J connectivity index is 2.16. The molecule has 1 amide bonds.